The molecule has 0 radical (unpaired) electrons. The molecule has 0 saturated heterocycles. The van der Waals surface area contributed by atoms with Gasteiger partial charge in [-0.3, -0.25) is 0 Å². The van der Waals surface area contributed by atoms with Gasteiger partial charge in [0.2, 0.25) is 0 Å². The minimum absolute atomic E-state index is 0.453. The molecular formula is C17H23N. The van der Waals surface area contributed by atoms with Gasteiger partial charge in [-0.1, -0.05) is 57.2 Å². The zero-order valence-corrected chi connectivity index (χ0v) is 11.6. The van der Waals surface area contributed by atoms with Gasteiger partial charge in [0, 0.05) is 6.04 Å². The van der Waals surface area contributed by atoms with Gasteiger partial charge >= 0.3 is 0 Å². The number of rotatable bonds is 5. The molecule has 0 amide bonds. The van der Waals surface area contributed by atoms with Crippen molar-refractivity contribution < 1.29 is 0 Å². The van der Waals surface area contributed by atoms with Crippen molar-refractivity contribution in [1.29, 1.82) is 0 Å². The van der Waals surface area contributed by atoms with E-state index in [1.54, 1.807) is 0 Å². The zero-order valence-electron chi connectivity index (χ0n) is 11.6. The number of hydrogen-bond acceptors (Lipinski definition) is 1. The molecule has 1 N–H and O–H groups in total. The molecular weight excluding hydrogens is 218 g/mol. The van der Waals surface area contributed by atoms with Crippen molar-refractivity contribution in [2.75, 3.05) is 6.54 Å². The number of fused-ring (bicyclic) bond motifs is 1. The van der Waals surface area contributed by atoms with Gasteiger partial charge in [0.05, 0.1) is 0 Å². The summed E-state index contributed by atoms with van der Waals surface area (Å²) in [5.74, 6) is 0.609. The molecule has 1 unspecified atom stereocenters. The van der Waals surface area contributed by atoms with Crippen LogP contribution in [0.25, 0.3) is 10.8 Å². The quantitative estimate of drug-likeness (QED) is 0.810. The second-order valence-electron chi connectivity index (χ2n) is 5.28. The van der Waals surface area contributed by atoms with E-state index in [2.05, 4.69) is 68.6 Å². The van der Waals surface area contributed by atoms with Crippen LogP contribution in [0.3, 0.4) is 0 Å². The second-order valence-corrected chi connectivity index (χ2v) is 5.28. The molecule has 2 rings (SSSR count). The summed E-state index contributed by atoms with van der Waals surface area (Å²) >= 11 is 0. The lowest BCUT2D eigenvalue weighted by Crippen LogP contribution is -2.26. The normalized spacial score (nSPS) is 13.1. The Morgan fingerprint density at radius 1 is 1.00 bits per heavy atom. The summed E-state index contributed by atoms with van der Waals surface area (Å²) < 4.78 is 0. The van der Waals surface area contributed by atoms with Crippen LogP contribution in [-0.4, -0.2) is 6.54 Å². The van der Waals surface area contributed by atoms with Crippen molar-refractivity contribution in [3.05, 3.63) is 48.0 Å². The molecule has 0 heterocycles. The topological polar surface area (TPSA) is 12.0 Å². The van der Waals surface area contributed by atoms with Crippen LogP contribution in [0, 0.1) is 5.92 Å². The Bertz CT molecular complexity index is 502. The SMILES string of the molecule is CCCNC(c1ccc2ccccc2c1)C(C)C. The Morgan fingerprint density at radius 2 is 1.72 bits per heavy atom. The molecule has 1 nitrogen and oxygen atoms in total. The second kappa shape index (κ2) is 6.01. The molecule has 0 aromatic heterocycles. The summed E-state index contributed by atoms with van der Waals surface area (Å²) in [5.41, 5.74) is 1.40. The molecule has 18 heavy (non-hydrogen) atoms. The molecule has 0 fully saturated rings. The third kappa shape index (κ3) is 2.91. The van der Waals surface area contributed by atoms with Gasteiger partial charge in [0.1, 0.15) is 0 Å². The molecule has 1 heteroatoms. The summed E-state index contributed by atoms with van der Waals surface area (Å²) in [7, 11) is 0. The molecule has 2 aromatic carbocycles. The van der Waals surface area contributed by atoms with Gasteiger partial charge < -0.3 is 5.32 Å². The first-order valence-electron chi connectivity index (χ1n) is 6.94. The smallest absolute Gasteiger partial charge is 0.0343 e. The van der Waals surface area contributed by atoms with Crippen molar-refractivity contribution in [1.82, 2.24) is 5.32 Å². The van der Waals surface area contributed by atoms with Crippen molar-refractivity contribution in [3.63, 3.8) is 0 Å². The van der Waals surface area contributed by atoms with E-state index in [1.807, 2.05) is 0 Å². The van der Waals surface area contributed by atoms with Crippen LogP contribution >= 0.6 is 0 Å². The van der Waals surface area contributed by atoms with Gasteiger partial charge in [0.25, 0.3) is 0 Å². The third-order valence-electron chi connectivity index (χ3n) is 3.41. The molecule has 0 spiro atoms. The predicted octanol–water partition coefficient (Wildman–Crippen LogP) is 4.54. The van der Waals surface area contributed by atoms with E-state index in [0.717, 1.165) is 6.54 Å². The highest BCUT2D eigenvalue weighted by molar-refractivity contribution is 5.83. The third-order valence-corrected chi connectivity index (χ3v) is 3.41. The highest BCUT2D eigenvalue weighted by Gasteiger charge is 2.14. The maximum absolute atomic E-state index is 3.65. The van der Waals surface area contributed by atoms with Gasteiger partial charge in [-0.2, -0.15) is 0 Å². The van der Waals surface area contributed by atoms with Crippen LogP contribution in [0.4, 0.5) is 0 Å². The fourth-order valence-electron chi connectivity index (χ4n) is 2.44. The average molecular weight is 241 g/mol. The van der Waals surface area contributed by atoms with Crippen molar-refractivity contribution in [2.45, 2.75) is 33.2 Å². The average Bonchev–Trinajstić information content (AvgIpc) is 2.38. The summed E-state index contributed by atoms with van der Waals surface area (Å²) in [5, 5.41) is 6.30. The van der Waals surface area contributed by atoms with Crippen LogP contribution in [-0.2, 0) is 0 Å². The highest BCUT2D eigenvalue weighted by Crippen LogP contribution is 2.25. The van der Waals surface area contributed by atoms with E-state index in [0.29, 0.717) is 12.0 Å². The zero-order chi connectivity index (χ0) is 13.0. The monoisotopic (exact) mass is 241 g/mol. The molecule has 2 aromatic rings. The Labute approximate surface area is 110 Å². The minimum Gasteiger partial charge on any atom is -0.310 e. The van der Waals surface area contributed by atoms with Crippen molar-refractivity contribution in [3.8, 4) is 0 Å². The van der Waals surface area contributed by atoms with E-state index in [-0.39, 0.29) is 0 Å². The number of hydrogen-bond donors (Lipinski definition) is 1. The Hall–Kier alpha value is -1.34. The van der Waals surface area contributed by atoms with Crippen LogP contribution < -0.4 is 5.32 Å². The van der Waals surface area contributed by atoms with Gasteiger partial charge in [0.15, 0.2) is 0 Å². The summed E-state index contributed by atoms with van der Waals surface area (Å²) in [4.78, 5) is 0. The number of nitrogens with one attached hydrogen (secondary N) is 1. The van der Waals surface area contributed by atoms with Crippen LogP contribution in [0.2, 0.25) is 0 Å². The lowest BCUT2D eigenvalue weighted by Gasteiger charge is -2.23. The van der Waals surface area contributed by atoms with Crippen LogP contribution in [0.15, 0.2) is 42.5 Å². The Kier molecular flexibility index (Phi) is 4.38. The molecule has 0 saturated carbocycles. The van der Waals surface area contributed by atoms with E-state index in [1.165, 1.54) is 22.8 Å². The number of benzene rings is 2. The highest BCUT2D eigenvalue weighted by atomic mass is 14.9. The maximum atomic E-state index is 3.65. The van der Waals surface area contributed by atoms with E-state index in [4.69, 9.17) is 0 Å². The molecule has 0 bridgehead atoms. The molecule has 0 aliphatic rings. The summed E-state index contributed by atoms with van der Waals surface area (Å²) in [6, 6.07) is 15.8. The molecule has 96 valence electrons. The van der Waals surface area contributed by atoms with Crippen molar-refractivity contribution >= 4 is 10.8 Å². The fourth-order valence-corrected chi connectivity index (χ4v) is 2.44. The van der Waals surface area contributed by atoms with Gasteiger partial charge in [-0.25, -0.2) is 0 Å². The van der Waals surface area contributed by atoms with E-state index >= 15 is 0 Å². The van der Waals surface area contributed by atoms with E-state index < -0.39 is 0 Å². The summed E-state index contributed by atoms with van der Waals surface area (Å²) in [6.07, 6.45) is 1.18. The standard InChI is InChI=1S/C17H23N/c1-4-11-18-17(13(2)3)16-10-9-14-7-5-6-8-15(14)12-16/h5-10,12-13,17-18H,4,11H2,1-3H3. The van der Waals surface area contributed by atoms with Gasteiger partial charge in [-0.05, 0) is 41.3 Å². The van der Waals surface area contributed by atoms with E-state index in [9.17, 15) is 0 Å². The fraction of sp³-hybridized carbons (Fsp3) is 0.412. The first-order valence-corrected chi connectivity index (χ1v) is 6.94. The first kappa shape index (κ1) is 13.1. The van der Waals surface area contributed by atoms with Crippen molar-refractivity contribution in [2.24, 2.45) is 5.92 Å². The summed E-state index contributed by atoms with van der Waals surface area (Å²) in [6.45, 7) is 7.85. The van der Waals surface area contributed by atoms with Crippen LogP contribution in [0.5, 0.6) is 0 Å². The Morgan fingerprint density at radius 3 is 2.39 bits per heavy atom. The first-order chi connectivity index (χ1) is 8.72. The molecule has 0 aliphatic carbocycles. The molecule has 1 atom stereocenters. The Balaban J connectivity index is 2.32. The van der Waals surface area contributed by atoms with Crippen LogP contribution in [0.1, 0.15) is 38.8 Å². The van der Waals surface area contributed by atoms with Gasteiger partial charge in [-0.15, -0.1) is 0 Å². The predicted molar refractivity (Wildman–Crippen MR) is 79.8 cm³/mol. The maximum Gasteiger partial charge on any atom is 0.0343 e. The largest absolute Gasteiger partial charge is 0.310 e. The lowest BCUT2D eigenvalue weighted by molar-refractivity contribution is 0.413. The molecule has 0 aliphatic heterocycles. The lowest BCUT2D eigenvalue weighted by atomic mass is 9.94. The minimum atomic E-state index is 0.453.